The fraction of sp³-hybridized carbons (Fsp3) is 0.333. The molecule has 25 heavy (non-hydrogen) atoms. The van der Waals surface area contributed by atoms with Crippen LogP contribution < -0.4 is 5.73 Å². The molecule has 0 saturated heterocycles. The van der Waals surface area contributed by atoms with Crippen molar-refractivity contribution in [3.63, 3.8) is 0 Å². The van der Waals surface area contributed by atoms with Crippen LogP contribution in [-0.2, 0) is 29.0 Å². The number of esters is 1. The van der Waals surface area contributed by atoms with Crippen LogP contribution in [0.2, 0.25) is 0 Å². The molecule has 3 rings (SSSR count). The molecule has 0 aliphatic carbocycles. The van der Waals surface area contributed by atoms with Crippen LogP contribution in [0, 0.1) is 0 Å². The van der Waals surface area contributed by atoms with Gasteiger partial charge in [0.25, 0.3) is 0 Å². The molecule has 0 saturated carbocycles. The minimum atomic E-state index is -0.391. The van der Waals surface area contributed by atoms with Crippen molar-refractivity contribution in [3.05, 3.63) is 51.9 Å². The molecule has 1 amide bonds. The number of carbonyl (C=O) groups is 2. The second-order valence-corrected chi connectivity index (χ2v) is 6.81. The number of thiophene rings is 1. The molecule has 0 bridgehead atoms. The average molecular weight is 360 g/mol. The van der Waals surface area contributed by atoms with Gasteiger partial charge >= 0.3 is 12.1 Å². The predicted octanol–water partition coefficient (Wildman–Crippen LogP) is 3.20. The molecule has 7 heteroatoms. The van der Waals surface area contributed by atoms with Crippen LogP contribution in [0.3, 0.4) is 0 Å². The maximum atomic E-state index is 12.3. The molecule has 0 spiro atoms. The number of ether oxygens (including phenoxy) is 2. The van der Waals surface area contributed by atoms with Crippen molar-refractivity contribution in [1.29, 1.82) is 0 Å². The van der Waals surface area contributed by atoms with Gasteiger partial charge in [-0.1, -0.05) is 30.3 Å². The third-order valence-electron chi connectivity index (χ3n) is 4.03. The van der Waals surface area contributed by atoms with E-state index in [9.17, 15) is 9.59 Å². The summed E-state index contributed by atoms with van der Waals surface area (Å²) in [5.74, 6) is -0.391. The summed E-state index contributed by atoms with van der Waals surface area (Å²) in [6.07, 6.45) is 0.205. The number of nitrogen functional groups attached to an aromatic ring is 1. The summed E-state index contributed by atoms with van der Waals surface area (Å²) in [5.41, 5.74) is 8.29. The van der Waals surface area contributed by atoms with E-state index in [-0.39, 0.29) is 12.7 Å². The van der Waals surface area contributed by atoms with Crippen molar-refractivity contribution in [2.24, 2.45) is 0 Å². The first-order chi connectivity index (χ1) is 12.1. The smallest absolute Gasteiger partial charge is 0.410 e. The highest BCUT2D eigenvalue weighted by atomic mass is 32.1. The van der Waals surface area contributed by atoms with E-state index in [1.54, 1.807) is 11.8 Å². The van der Waals surface area contributed by atoms with Crippen LogP contribution in [0.1, 0.15) is 33.3 Å². The molecule has 1 aliphatic rings. The molecule has 2 N–H and O–H groups in total. The van der Waals surface area contributed by atoms with Gasteiger partial charge in [0, 0.05) is 11.4 Å². The first-order valence-electron chi connectivity index (χ1n) is 8.13. The lowest BCUT2D eigenvalue weighted by Gasteiger charge is -2.26. The van der Waals surface area contributed by atoms with Crippen molar-refractivity contribution in [2.75, 3.05) is 18.9 Å². The maximum Gasteiger partial charge on any atom is 0.410 e. The number of hydrogen-bond donors (Lipinski definition) is 1. The monoisotopic (exact) mass is 360 g/mol. The average Bonchev–Trinajstić information content (AvgIpc) is 2.95. The third-order valence-corrected chi connectivity index (χ3v) is 5.07. The number of anilines is 1. The minimum Gasteiger partial charge on any atom is -0.462 e. The topological polar surface area (TPSA) is 81.9 Å². The van der Waals surface area contributed by atoms with Crippen LogP contribution in [0.15, 0.2) is 30.3 Å². The van der Waals surface area contributed by atoms with Crippen LogP contribution >= 0.6 is 11.3 Å². The Morgan fingerprint density at radius 2 is 2.00 bits per heavy atom. The summed E-state index contributed by atoms with van der Waals surface area (Å²) in [6, 6.07) is 9.55. The summed E-state index contributed by atoms with van der Waals surface area (Å²) in [4.78, 5) is 26.9. The van der Waals surface area contributed by atoms with Gasteiger partial charge in [0.1, 0.15) is 11.6 Å². The normalized spacial score (nSPS) is 13.2. The molecule has 2 aromatic rings. The van der Waals surface area contributed by atoms with Gasteiger partial charge in [-0.3, -0.25) is 0 Å². The Labute approximate surface area is 150 Å². The number of nitrogens with zero attached hydrogens (tertiary/aromatic N) is 1. The van der Waals surface area contributed by atoms with Crippen molar-refractivity contribution in [3.8, 4) is 0 Å². The first kappa shape index (κ1) is 17.3. The Morgan fingerprint density at radius 1 is 1.24 bits per heavy atom. The third kappa shape index (κ3) is 3.76. The van der Waals surface area contributed by atoms with E-state index < -0.39 is 5.97 Å². The lowest BCUT2D eigenvalue weighted by atomic mass is 10.0. The summed E-state index contributed by atoms with van der Waals surface area (Å²) in [7, 11) is 0. The molecule has 132 valence electrons. The minimum absolute atomic E-state index is 0.240. The molecular formula is C18H20N2O4S. The SMILES string of the molecule is CCOC(=O)c1c(N)sc2c1CCN(C(=O)OCc1ccccc1)C2. The van der Waals surface area contributed by atoms with Gasteiger partial charge in [0.2, 0.25) is 0 Å². The highest BCUT2D eigenvalue weighted by Crippen LogP contribution is 2.35. The molecule has 0 unspecified atom stereocenters. The van der Waals surface area contributed by atoms with Crippen molar-refractivity contribution in [2.45, 2.75) is 26.5 Å². The number of amides is 1. The first-order valence-corrected chi connectivity index (χ1v) is 8.94. The van der Waals surface area contributed by atoms with Gasteiger partial charge in [-0.15, -0.1) is 11.3 Å². The summed E-state index contributed by atoms with van der Waals surface area (Å²) >= 11 is 1.33. The number of rotatable bonds is 4. The van der Waals surface area contributed by atoms with Crippen LogP contribution in [-0.4, -0.2) is 30.1 Å². The van der Waals surface area contributed by atoms with Crippen molar-refractivity contribution < 1.29 is 19.1 Å². The Balaban J connectivity index is 1.66. The quantitative estimate of drug-likeness (QED) is 0.847. The zero-order chi connectivity index (χ0) is 17.8. The van der Waals surface area contributed by atoms with E-state index in [1.807, 2.05) is 30.3 Å². The molecule has 1 aromatic carbocycles. The second kappa shape index (κ2) is 7.57. The largest absolute Gasteiger partial charge is 0.462 e. The summed E-state index contributed by atoms with van der Waals surface area (Å²) in [6.45, 7) is 3.20. The van der Waals surface area contributed by atoms with Gasteiger partial charge in [-0.25, -0.2) is 9.59 Å². The zero-order valence-corrected chi connectivity index (χ0v) is 14.8. The van der Waals surface area contributed by atoms with Gasteiger partial charge in [0.05, 0.1) is 18.7 Å². The lowest BCUT2D eigenvalue weighted by molar-refractivity contribution is 0.0526. The lowest BCUT2D eigenvalue weighted by Crippen LogP contribution is -2.36. The van der Waals surface area contributed by atoms with Gasteiger partial charge in [-0.2, -0.15) is 0 Å². The molecule has 1 aromatic heterocycles. The van der Waals surface area contributed by atoms with Crippen LogP contribution in [0.4, 0.5) is 9.80 Å². The van der Waals surface area contributed by atoms with E-state index in [1.165, 1.54) is 11.3 Å². The van der Waals surface area contributed by atoms with Crippen LogP contribution in [0.5, 0.6) is 0 Å². The molecule has 6 nitrogen and oxygen atoms in total. The maximum absolute atomic E-state index is 12.3. The van der Waals surface area contributed by atoms with Gasteiger partial charge in [-0.05, 0) is 24.5 Å². The Kier molecular flexibility index (Phi) is 5.23. The zero-order valence-electron chi connectivity index (χ0n) is 14.0. The number of carbonyl (C=O) groups excluding carboxylic acids is 2. The Morgan fingerprint density at radius 3 is 2.72 bits per heavy atom. The van der Waals surface area contributed by atoms with Crippen LogP contribution in [0.25, 0.3) is 0 Å². The van der Waals surface area contributed by atoms with E-state index in [4.69, 9.17) is 15.2 Å². The molecule has 0 radical (unpaired) electrons. The van der Waals surface area contributed by atoms with Crippen molar-refractivity contribution in [1.82, 2.24) is 4.90 Å². The fourth-order valence-electron chi connectivity index (χ4n) is 2.82. The highest BCUT2D eigenvalue weighted by molar-refractivity contribution is 7.16. The van der Waals surface area contributed by atoms with Gasteiger partial charge in [0.15, 0.2) is 0 Å². The van der Waals surface area contributed by atoms with Gasteiger partial charge < -0.3 is 20.1 Å². The molecule has 2 heterocycles. The molecule has 0 atom stereocenters. The Hall–Kier alpha value is -2.54. The van der Waals surface area contributed by atoms with Crippen molar-refractivity contribution >= 4 is 28.4 Å². The number of nitrogens with two attached hydrogens (primary N) is 1. The van der Waals surface area contributed by atoms with E-state index >= 15 is 0 Å². The van der Waals surface area contributed by atoms with E-state index in [0.717, 1.165) is 16.0 Å². The van der Waals surface area contributed by atoms with E-state index in [0.29, 0.717) is 36.7 Å². The summed E-state index contributed by atoms with van der Waals surface area (Å²) in [5, 5.41) is 0.447. The predicted molar refractivity (Wildman–Crippen MR) is 95.4 cm³/mol. The molecule has 0 fully saturated rings. The number of hydrogen-bond acceptors (Lipinski definition) is 6. The molecular weight excluding hydrogens is 340 g/mol. The molecule has 1 aliphatic heterocycles. The second-order valence-electron chi connectivity index (χ2n) is 5.68. The number of benzene rings is 1. The number of fused-ring (bicyclic) bond motifs is 1. The standard InChI is InChI=1S/C18H20N2O4S/c1-2-23-17(21)15-13-8-9-20(10-14(13)25-16(15)19)18(22)24-11-12-6-4-3-5-7-12/h3-7H,2,8-11,19H2,1H3. The Bertz CT molecular complexity index is 773. The highest BCUT2D eigenvalue weighted by Gasteiger charge is 2.30. The van der Waals surface area contributed by atoms with E-state index in [2.05, 4.69) is 0 Å². The fourth-order valence-corrected chi connectivity index (χ4v) is 3.94. The summed E-state index contributed by atoms with van der Waals surface area (Å²) < 4.78 is 10.5.